The molecule has 8 heteroatoms. The fraction of sp³-hybridized carbons (Fsp3) is 0.273. The molecule has 0 saturated heterocycles. The lowest BCUT2D eigenvalue weighted by Crippen LogP contribution is -2.42. The van der Waals surface area contributed by atoms with Crippen LogP contribution < -0.4 is 15.1 Å². The number of hydrogen-bond acceptors (Lipinski definition) is 6. The van der Waals surface area contributed by atoms with Crippen LogP contribution in [-0.4, -0.2) is 20.4 Å². The second-order valence-electron chi connectivity index (χ2n) is 6.92. The average molecular weight is 429 g/mol. The van der Waals surface area contributed by atoms with Crippen LogP contribution in [0, 0.1) is 6.92 Å². The Labute approximate surface area is 174 Å². The quantitative estimate of drug-likeness (QED) is 0.351. The number of hydrogen-bond donors (Lipinski definition) is 1. The summed E-state index contributed by atoms with van der Waals surface area (Å²) in [5.41, 5.74) is 1.57. The Morgan fingerprint density at radius 2 is 1.80 bits per heavy atom. The van der Waals surface area contributed by atoms with Crippen molar-refractivity contribution in [3.05, 3.63) is 70.1 Å². The molecule has 0 aliphatic carbocycles. The lowest BCUT2D eigenvalue weighted by Gasteiger charge is -2.16. The van der Waals surface area contributed by atoms with Gasteiger partial charge in [0.25, 0.3) is 0 Å². The molecule has 0 spiro atoms. The number of ether oxygens (including phenoxy) is 1. The van der Waals surface area contributed by atoms with E-state index >= 15 is 0 Å². The van der Waals surface area contributed by atoms with Crippen LogP contribution >= 0.6 is 0 Å². The van der Waals surface area contributed by atoms with Crippen molar-refractivity contribution >= 4 is 27.0 Å². The zero-order chi connectivity index (χ0) is 21.9. The number of carbonyl (C=O) groups is 1. The number of fused-ring (bicyclic) bond motifs is 1. The Bertz CT molecular complexity index is 1230. The highest BCUT2D eigenvalue weighted by molar-refractivity contribution is 7.89. The molecule has 0 fully saturated rings. The Morgan fingerprint density at radius 1 is 1.10 bits per heavy atom. The van der Waals surface area contributed by atoms with Crippen LogP contribution in [0.2, 0.25) is 0 Å². The first-order chi connectivity index (χ1) is 14.2. The highest BCUT2D eigenvalue weighted by Crippen LogP contribution is 2.23. The number of nitrogens with one attached hydrogen (secondary N) is 1. The topological polar surface area (TPSA) is 103 Å². The summed E-state index contributed by atoms with van der Waals surface area (Å²) in [6, 6.07) is 11.4. The lowest BCUT2D eigenvalue weighted by atomic mass is 10.1. The smallest absolute Gasteiger partial charge is 0.336 e. The molecule has 1 atom stereocenters. The predicted molar refractivity (Wildman–Crippen MR) is 113 cm³/mol. The summed E-state index contributed by atoms with van der Waals surface area (Å²) in [4.78, 5) is 24.4. The zero-order valence-electron chi connectivity index (χ0n) is 17.0. The van der Waals surface area contributed by atoms with Crippen molar-refractivity contribution in [1.29, 1.82) is 0 Å². The van der Waals surface area contributed by atoms with Gasteiger partial charge >= 0.3 is 11.6 Å². The minimum atomic E-state index is -3.89. The van der Waals surface area contributed by atoms with Gasteiger partial charge in [-0.3, -0.25) is 0 Å². The number of aryl methyl sites for hydroxylation is 2. The highest BCUT2D eigenvalue weighted by atomic mass is 32.2. The number of rotatable bonds is 7. The summed E-state index contributed by atoms with van der Waals surface area (Å²) < 4.78 is 38.1. The number of carbonyl (C=O) groups excluding carboxylic acids is 1. The molecule has 2 aromatic carbocycles. The van der Waals surface area contributed by atoms with Gasteiger partial charge in [0.1, 0.15) is 17.4 Å². The van der Waals surface area contributed by atoms with Crippen molar-refractivity contribution in [3.63, 3.8) is 0 Å². The van der Waals surface area contributed by atoms with Gasteiger partial charge in [0.2, 0.25) is 10.0 Å². The van der Waals surface area contributed by atoms with Gasteiger partial charge in [-0.2, -0.15) is 4.72 Å². The van der Waals surface area contributed by atoms with Gasteiger partial charge in [-0.15, -0.1) is 0 Å². The third kappa shape index (κ3) is 4.77. The fourth-order valence-corrected chi connectivity index (χ4v) is 4.29. The summed E-state index contributed by atoms with van der Waals surface area (Å²) in [5, 5.41) is 0.754. The normalized spacial score (nSPS) is 12.6. The standard InChI is InChI=1S/C22H23NO6S/c1-4-15-12-21(24)29-20-13-16(8-11-18(15)20)28-22(25)19(5-2)23-30(26,27)17-9-6-14(3)7-10-17/h6-13,19,23H,4-5H2,1-3H3/t19-/m0/s1. The van der Waals surface area contributed by atoms with Crippen LogP contribution in [0.1, 0.15) is 31.4 Å². The number of sulfonamides is 1. The number of benzene rings is 2. The highest BCUT2D eigenvalue weighted by Gasteiger charge is 2.26. The molecule has 0 amide bonds. The van der Waals surface area contributed by atoms with E-state index in [-0.39, 0.29) is 17.1 Å². The maximum atomic E-state index is 12.6. The molecule has 7 nitrogen and oxygen atoms in total. The van der Waals surface area contributed by atoms with E-state index in [9.17, 15) is 18.0 Å². The SMILES string of the molecule is CCc1cc(=O)oc2cc(OC(=O)[C@H](CC)NS(=O)(=O)c3ccc(C)cc3)ccc12. The first kappa shape index (κ1) is 21.7. The van der Waals surface area contributed by atoms with Gasteiger partial charge in [-0.25, -0.2) is 18.0 Å². The molecular weight excluding hydrogens is 406 g/mol. The third-order valence-corrected chi connectivity index (χ3v) is 6.21. The largest absolute Gasteiger partial charge is 0.425 e. The van der Waals surface area contributed by atoms with Crippen LogP contribution in [0.3, 0.4) is 0 Å². The van der Waals surface area contributed by atoms with Crippen LogP contribution in [0.4, 0.5) is 0 Å². The van der Waals surface area contributed by atoms with Crippen LogP contribution in [0.5, 0.6) is 5.75 Å². The van der Waals surface area contributed by atoms with E-state index in [4.69, 9.17) is 9.15 Å². The molecule has 3 aromatic rings. The van der Waals surface area contributed by atoms with Crippen LogP contribution in [-0.2, 0) is 21.2 Å². The first-order valence-corrected chi connectivity index (χ1v) is 11.1. The van der Waals surface area contributed by atoms with Crippen molar-refractivity contribution in [2.75, 3.05) is 0 Å². The van der Waals surface area contributed by atoms with Gasteiger partial charge in [0.15, 0.2) is 0 Å². The molecule has 0 unspecified atom stereocenters. The second-order valence-corrected chi connectivity index (χ2v) is 8.63. The van der Waals surface area contributed by atoms with E-state index in [1.807, 2.05) is 13.8 Å². The summed E-state index contributed by atoms with van der Waals surface area (Å²) in [5.74, 6) is -0.585. The lowest BCUT2D eigenvalue weighted by molar-refractivity contribution is -0.136. The van der Waals surface area contributed by atoms with E-state index in [0.717, 1.165) is 16.5 Å². The summed E-state index contributed by atoms with van der Waals surface area (Å²) in [7, 11) is -3.89. The molecule has 0 saturated carbocycles. The fourth-order valence-electron chi connectivity index (χ4n) is 3.02. The Morgan fingerprint density at radius 3 is 2.43 bits per heavy atom. The third-order valence-electron chi connectivity index (χ3n) is 4.72. The molecule has 0 radical (unpaired) electrons. The molecule has 1 heterocycles. The van der Waals surface area contributed by atoms with E-state index < -0.39 is 27.7 Å². The summed E-state index contributed by atoms with van der Waals surface area (Å²) in [6.07, 6.45) is 0.854. The van der Waals surface area contributed by atoms with E-state index in [1.54, 1.807) is 31.2 Å². The van der Waals surface area contributed by atoms with E-state index in [1.165, 1.54) is 24.3 Å². The van der Waals surface area contributed by atoms with Gasteiger partial charge in [-0.1, -0.05) is 31.5 Å². The Kier molecular flexibility index (Phi) is 6.38. The predicted octanol–water partition coefficient (Wildman–Crippen LogP) is 3.33. The summed E-state index contributed by atoms with van der Waals surface area (Å²) >= 11 is 0. The molecule has 0 aliphatic heterocycles. The maximum absolute atomic E-state index is 12.6. The van der Waals surface area contributed by atoms with Crippen molar-refractivity contribution in [3.8, 4) is 5.75 Å². The Balaban J connectivity index is 1.81. The molecule has 158 valence electrons. The van der Waals surface area contributed by atoms with Crippen LogP contribution in [0.15, 0.2) is 62.6 Å². The maximum Gasteiger partial charge on any atom is 0.336 e. The zero-order valence-corrected chi connectivity index (χ0v) is 17.8. The molecule has 0 bridgehead atoms. The van der Waals surface area contributed by atoms with Crippen molar-refractivity contribution in [2.45, 2.75) is 44.6 Å². The first-order valence-electron chi connectivity index (χ1n) is 9.61. The monoisotopic (exact) mass is 429 g/mol. The minimum Gasteiger partial charge on any atom is -0.425 e. The second kappa shape index (κ2) is 8.81. The molecule has 3 rings (SSSR count). The van der Waals surface area contributed by atoms with Crippen LogP contribution in [0.25, 0.3) is 11.0 Å². The van der Waals surface area contributed by atoms with Crippen molar-refractivity contribution in [1.82, 2.24) is 4.72 Å². The molecule has 30 heavy (non-hydrogen) atoms. The Hall–Kier alpha value is -2.97. The van der Waals surface area contributed by atoms with Crippen molar-refractivity contribution < 1.29 is 22.4 Å². The van der Waals surface area contributed by atoms with Gasteiger partial charge in [0.05, 0.1) is 4.90 Å². The van der Waals surface area contributed by atoms with E-state index in [0.29, 0.717) is 12.0 Å². The van der Waals surface area contributed by atoms with Gasteiger partial charge in [-0.05, 0) is 49.6 Å². The van der Waals surface area contributed by atoms with Gasteiger partial charge in [0, 0.05) is 17.5 Å². The summed E-state index contributed by atoms with van der Waals surface area (Å²) in [6.45, 7) is 5.45. The minimum absolute atomic E-state index is 0.0684. The molecule has 1 aromatic heterocycles. The molecular formula is C22H23NO6S. The van der Waals surface area contributed by atoms with E-state index in [2.05, 4.69) is 4.72 Å². The number of esters is 1. The molecule has 1 N–H and O–H groups in total. The van der Waals surface area contributed by atoms with Crippen molar-refractivity contribution in [2.24, 2.45) is 0 Å². The average Bonchev–Trinajstić information content (AvgIpc) is 2.71. The molecule has 0 aliphatic rings. The van der Waals surface area contributed by atoms with Gasteiger partial charge < -0.3 is 9.15 Å².